The van der Waals surface area contributed by atoms with Crippen LogP contribution in [0, 0.1) is 34.6 Å². The molecule has 0 bridgehead atoms. The zero-order chi connectivity index (χ0) is 44.9. The molecule has 1 aliphatic carbocycles. The van der Waals surface area contributed by atoms with Gasteiger partial charge in [0.15, 0.2) is 0 Å². The first kappa shape index (κ1) is 44.8. The van der Waals surface area contributed by atoms with Crippen molar-refractivity contribution in [1.82, 2.24) is 0 Å². The third-order valence-corrected chi connectivity index (χ3v) is 12.0. The minimum atomic E-state index is 0.151. The van der Waals surface area contributed by atoms with Crippen molar-refractivity contribution in [3.8, 4) is 33.4 Å². The number of rotatable bonds is 2. The molecule has 0 heterocycles. The van der Waals surface area contributed by atoms with Crippen LogP contribution in [-0.4, -0.2) is 0 Å². The van der Waals surface area contributed by atoms with E-state index in [0.29, 0.717) is 0 Å². The zero-order valence-electron chi connectivity index (χ0n) is 38.5. The van der Waals surface area contributed by atoms with Crippen molar-refractivity contribution in [3.05, 3.63) is 276 Å². The van der Waals surface area contributed by atoms with Crippen LogP contribution in [-0.2, 0) is 5.41 Å². The van der Waals surface area contributed by atoms with Crippen LogP contribution in [0.1, 0.15) is 52.8 Å². The average Bonchev–Trinajstić information content (AvgIpc) is 3.55. The summed E-state index contributed by atoms with van der Waals surface area (Å²) in [6.07, 6.45) is 0. The first-order valence-electron chi connectivity index (χ1n) is 22.4. The van der Waals surface area contributed by atoms with E-state index in [4.69, 9.17) is 0 Å². The molecule has 1 aliphatic rings. The standard InChI is InChI=1S/C16H16.2C13H12.2C11H10/c1-11-8-9-13-12-6-4-5-7-14(12)16(2,3)15(13)10-11;1-11-7-5-6-10-13(11)12-8-3-2-4-9-12;1-11-6-5-9-13(10-11)12-7-3-2-4-8-12;1-9-5-4-7-10-6-2-3-8-11(9)10;1-9-6-7-10-4-2-3-5-11(10)8-9/h4-10H,1-3H3;2*2-10H,1H3;2*2-8H,1H3. The van der Waals surface area contributed by atoms with E-state index >= 15 is 0 Å². The summed E-state index contributed by atoms with van der Waals surface area (Å²) in [4.78, 5) is 0. The molecule has 0 unspecified atom stereocenters. The zero-order valence-corrected chi connectivity index (χ0v) is 38.5. The van der Waals surface area contributed by atoms with Crippen LogP contribution in [0.15, 0.2) is 237 Å². The van der Waals surface area contributed by atoms with E-state index in [9.17, 15) is 0 Å². The van der Waals surface area contributed by atoms with E-state index in [0.717, 1.165) is 0 Å². The normalized spacial score (nSPS) is 11.5. The molecule has 0 nitrogen and oxygen atoms in total. The predicted molar refractivity (Wildman–Crippen MR) is 279 cm³/mol. The molecule has 0 aliphatic heterocycles. The molecular weight excluding hydrogens is 769 g/mol. The fraction of sp³-hybridized carbons (Fsp3) is 0.125. The lowest BCUT2D eigenvalue weighted by Crippen LogP contribution is -2.14. The minimum Gasteiger partial charge on any atom is -0.0622 e. The molecule has 64 heavy (non-hydrogen) atoms. The molecule has 0 N–H and O–H groups in total. The second kappa shape index (κ2) is 21.2. The maximum absolute atomic E-state index is 2.33. The molecule has 0 saturated heterocycles. The van der Waals surface area contributed by atoms with Gasteiger partial charge in [-0.2, -0.15) is 0 Å². The first-order chi connectivity index (χ1) is 31.1. The average molecular weight is 829 g/mol. The summed E-state index contributed by atoms with van der Waals surface area (Å²) in [6.45, 7) is 15.3. The van der Waals surface area contributed by atoms with Gasteiger partial charge in [0.05, 0.1) is 0 Å². The highest BCUT2D eigenvalue weighted by molar-refractivity contribution is 5.85. The third kappa shape index (κ3) is 11.2. The van der Waals surface area contributed by atoms with Crippen molar-refractivity contribution in [2.24, 2.45) is 0 Å². The minimum absolute atomic E-state index is 0.151. The molecule has 0 amide bonds. The highest BCUT2D eigenvalue weighted by Crippen LogP contribution is 2.48. The molecular formula is C64H60. The number of fused-ring (bicyclic) bond motifs is 5. The van der Waals surface area contributed by atoms with Crippen molar-refractivity contribution in [1.29, 1.82) is 0 Å². The molecule has 0 heteroatoms. The lowest BCUT2D eigenvalue weighted by Gasteiger charge is -2.21. The van der Waals surface area contributed by atoms with Gasteiger partial charge in [-0.05, 0) is 112 Å². The smallest absolute Gasteiger partial charge is 0.0158 e. The summed E-state index contributed by atoms with van der Waals surface area (Å²) in [7, 11) is 0. The Morgan fingerprint density at radius 2 is 0.750 bits per heavy atom. The summed E-state index contributed by atoms with van der Waals surface area (Å²) in [5.41, 5.74) is 17.7. The highest BCUT2D eigenvalue weighted by atomic mass is 14.4. The topological polar surface area (TPSA) is 0 Å². The van der Waals surface area contributed by atoms with Gasteiger partial charge in [0.1, 0.15) is 0 Å². The maximum atomic E-state index is 2.33. The van der Waals surface area contributed by atoms with Crippen LogP contribution in [0.4, 0.5) is 0 Å². The van der Waals surface area contributed by atoms with Gasteiger partial charge < -0.3 is 0 Å². The van der Waals surface area contributed by atoms with E-state index in [1.807, 2.05) is 12.1 Å². The summed E-state index contributed by atoms with van der Waals surface area (Å²) in [5.74, 6) is 0. The molecule has 0 aromatic heterocycles. The van der Waals surface area contributed by atoms with E-state index in [-0.39, 0.29) is 5.41 Å². The maximum Gasteiger partial charge on any atom is 0.0158 e. The largest absolute Gasteiger partial charge is 0.0622 e. The second-order valence-corrected chi connectivity index (χ2v) is 17.3. The number of benzene rings is 10. The Kier molecular flexibility index (Phi) is 14.8. The quantitative estimate of drug-likeness (QED) is 0.163. The van der Waals surface area contributed by atoms with Crippen LogP contribution in [0.5, 0.6) is 0 Å². The Hall–Kier alpha value is -7.28. The van der Waals surface area contributed by atoms with Gasteiger partial charge in [-0.1, -0.05) is 267 Å². The van der Waals surface area contributed by atoms with Crippen LogP contribution >= 0.6 is 0 Å². The highest BCUT2D eigenvalue weighted by Gasteiger charge is 2.34. The monoisotopic (exact) mass is 828 g/mol. The number of hydrogen-bond donors (Lipinski definition) is 0. The summed E-state index contributed by atoms with van der Waals surface area (Å²) >= 11 is 0. The Labute approximate surface area is 382 Å². The predicted octanol–water partition coefficient (Wildman–Crippen LogP) is 17.9. The SMILES string of the molecule is Cc1ccc2c(c1)C(C)(C)c1ccccc1-2.Cc1ccc2ccccc2c1.Cc1cccc(-c2ccccc2)c1.Cc1cccc2ccccc12.Cc1ccccc1-c1ccccc1. The Morgan fingerprint density at radius 1 is 0.266 bits per heavy atom. The summed E-state index contributed by atoms with van der Waals surface area (Å²) < 4.78 is 0. The van der Waals surface area contributed by atoms with Gasteiger partial charge in [-0.25, -0.2) is 0 Å². The number of hydrogen-bond acceptors (Lipinski definition) is 0. The molecule has 0 spiro atoms. The molecule has 10 aromatic carbocycles. The molecule has 0 fully saturated rings. The number of aryl methyl sites for hydroxylation is 5. The van der Waals surface area contributed by atoms with Crippen molar-refractivity contribution >= 4 is 21.5 Å². The molecule has 0 saturated carbocycles. The fourth-order valence-electron chi connectivity index (χ4n) is 8.48. The first-order valence-corrected chi connectivity index (χ1v) is 22.4. The lowest BCUT2D eigenvalue weighted by atomic mass is 9.82. The Bertz CT molecular complexity index is 3050. The fourth-order valence-corrected chi connectivity index (χ4v) is 8.48. The summed E-state index contributed by atoms with van der Waals surface area (Å²) in [6, 6.07) is 83.2. The van der Waals surface area contributed by atoms with Crippen LogP contribution < -0.4 is 0 Å². The van der Waals surface area contributed by atoms with Crippen molar-refractivity contribution in [3.63, 3.8) is 0 Å². The molecule has 11 rings (SSSR count). The van der Waals surface area contributed by atoms with Crippen molar-refractivity contribution in [2.75, 3.05) is 0 Å². The Balaban J connectivity index is 0.000000120. The van der Waals surface area contributed by atoms with E-state index in [2.05, 4.69) is 273 Å². The third-order valence-electron chi connectivity index (χ3n) is 12.0. The van der Waals surface area contributed by atoms with Gasteiger partial charge in [-0.3, -0.25) is 0 Å². The van der Waals surface area contributed by atoms with Crippen LogP contribution in [0.25, 0.3) is 54.9 Å². The second-order valence-electron chi connectivity index (χ2n) is 17.3. The molecule has 10 aromatic rings. The van der Waals surface area contributed by atoms with Gasteiger partial charge in [-0.15, -0.1) is 0 Å². The van der Waals surface area contributed by atoms with Crippen molar-refractivity contribution in [2.45, 2.75) is 53.9 Å². The van der Waals surface area contributed by atoms with Gasteiger partial charge in [0.2, 0.25) is 0 Å². The Morgan fingerprint density at radius 3 is 1.45 bits per heavy atom. The molecule has 0 atom stereocenters. The van der Waals surface area contributed by atoms with Crippen molar-refractivity contribution < 1.29 is 0 Å². The van der Waals surface area contributed by atoms with Crippen LogP contribution in [0.3, 0.4) is 0 Å². The lowest BCUT2D eigenvalue weighted by molar-refractivity contribution is 0.660. The molecule has 316 valence electrons. The van der Waals surface area contributed by atoms with E-state index < -0.39 is 0 Å². The van der Waals surface area contributed by atoms with Gasteiger partial charge >= 0.3 is 0 Å². The van der Waals surface area contributed by atoms with Gasteiger partial charge in [0, 0.05) is 5.41 Å². The van der Waals surface area contributed by atoms with E-state index in [1.165, 1.54) is 93.9 Å². The molecule has 0 radical (unpaired) electrons. The van der Waals surface area contributed by atoms with Gasteiger partial charge in [0.25, 0.3) is 0 Å². The van der Waals surface area contributed by atoms with E-state index in [1.54, 1.807) is 0 Å². The van der Waals surface area contributed by atoms with Crippen LogP contribution in [0.2, 0.25) is 0 Å². The summed E-state index contributed by atoms with van der Waals surface area (Å²) in [5, 5.41) is 5.33.